The van der Waals surface area contributed by atoms with Crippen molar-refractivity contribution in [1.29, 1.82) is 0 Å². The standard InChI is InChI=1S/C8H7N4S/c1-2-3-13-8-6-7(10-4-9-6)11-5-12-8/h2,4-5H,1,3H2. The van der Waals surface area contributed by atoms with Gasteiger partial charge in [0.2, 0.25) is 0 Å². The lowest BCUT2D eigenvalue weighted by atomic mass is 10.5. The van der Waals surface area contributed by atoms with Crippen LogP contribution in [0.5, 0.6) is 0 Å². The molecule has 0 saturated heterocycles. The zero-order chi connectivity index (χ0) is 9.10. The maximum absolute atomic E-state index is 4.12. The molecule has 0 amide bonds. The summed E-state index contributed by atoms with van der Waals surface area (Å²) in [7, 11) is 0. The van der Waals surface area contributed by atoms with Crippen molar-refractivity contribution in [3.63, 3.8) is 0 Å². The number of hydrogen-bond acceptors (Lipinski definition) is 4. The van der Waals surface area contributed by atoms with Crippen LogP contribution in [0.25, 0.3) is 0 Å². The Bertz CT molecular complexity index is 361. The quantitative estimate of drug-likeness (QED) is 0.415. The van der Waals surface area contributed by atoms with Gasteiger partial charge in [-0.15, -0.1) is 6.58 Å². The van der Waals surface area contributed by atoms with Crippen molar-refractivity contribution in [1.82, 2.24) is 15.3 Å². The highest BCUT2D eigenvalue weighted by atomic mass is 32.2. The Morgan fingerprint density at radius 2 is 2.38 bits per heavy atom. The Labute approximate surface area is 80.2 Å². The third-order valence-electron chi connectivity index (χ3n) is 1.47. The minimum absolute atomic E-state index is 0.654. The molecule has 1 aromatic heterocycles. The fraction of sp³-hybridized carbons (Fsp3) is 0.125. The van der Waals surface area contributed by atoms with Crippen LogP contribution in [0.4, 0.5) is 11.5 Å². The number of aromatic nitrogens is 2. The minimum atomic E-state index is 0.654. The molecule has 4 nitrogen and oxygen atoms in total. The second-order valence-electron chi connectivity index (χ2n) is 2.32. The van der Waals surface area contributed by atoms with E-state index >= 15 is 0 Å². The molecule has 0 N–H and O–H groups in total. The van der Waals surface area contributed by atoms with Gasteiger partial charge in [-0.1, -0.05) is 17.8 Å². The van der Waals surface area contributed by atoms with Crippen LogP contribution in [-0.4, -0.2) is 22.1 Å². The molecule has 0 saturated carbocycles. The van der Waals surface area contributed by atoms with E-state index in [-0.39, 0.29) is 0 Å². The maximum Gasteiger partial charge on any atom is 0.184 e. The Kier molecular flexibility index (Phi) is 2.27. The van der Waals surface area contributed by atoms with Crippen LogP contribution in [-0.2, 0) is 0 Å². The van der Waals surface area contributed by atoms with Crippen molar-refractivity contribution in [2.45, 2.75) is 5.03 Å². The van der Waals surface area contributed by atoms with Gasteiger partial charge in [0.15, 0.2) is 5.82 Å². The minimum Gasteiger partial charge on any atom is -0.230 e. The summed E-state index contributed by atoms with van der Waals surface area (Å²) in [5.41, 5.74) is 0.773. The van der Waals surface area contributed by atoms with E-state index in [1.165, 1.54) is 12.7 Å². The molecule has 0 fully saturated rings. The van der Waals surface area contributed by atoms with Crippen molar-refractivity contribution < 1.29 is 0 Å². The van der Waals surface area contributed by atoms with Gasteiger partial charge < -0.3 is 0 Å². The maximum atomic E-state index is 4.12. The fourth-order valence-electron chi connectivity index (χ4n) is 0.946. The molecule has 5 heteroatoms. The molecule has 2 heterocycles. The molecular weight excluding hydrogens is 184 g/mol. The molecule has 1 aromatic rings. The van der Waals surface area contributed by atoms with Crippen LogP contribution in [0.15, 0.2) is 29.0 Å². The predicted octanol–water partition coefficient (Wildman–Crippen LogP) is 1.66. The summed E-state index contributed by atoms with van der Waals surface area (Å²) in [4.78, 5) is 12.2. The van der Waals surface area contributed by atoms with E-state index in [4.69, 9.17) is 0 Å². The molecule has 1 radical (unpaired) electrons. The molecule has 1 aliphatic heterocycles. The van der Waals surface area contributed by atoms with Crippen LogP contribution in [0.1, 0.15) is 0 Å². The molecule has 1 aliphatic rings. The van der Waals surface area contributed by atoms with E-state index in [9.17, 15) is 0 Å². The number of hydrogen-bond donors (Lipinski definition) is 0. The van der Waals surface area contributed by atoms with Gasteiger partial charge in [0.05, 0.1) is 0 Å². The van der Waals surface area contributed by atoms with Crippen LogP contribution < -0.4 is 5.32 Å². The van der Waals surface area contributed by atoms with Gasteiger partial charge in [-0.2, -0.15) is 0 Å². The summed E-state index contributed by atoms with van der Waals surface area (Å²) in [6.07, 6.45) is 4.83. The number of nitrogens with zero attached hydrogens (tertiary/aromatic N) is 4. The van der Waals surface area contributed by atoms with E-state index in [1.54, 1.807) is 11.8 Å². The topological polar surface area (TPSA) is 52.2 Å². The van der Waals surface area contributed by atoms with Crippen LogP contribution >= 0.6 is 11.8 Å². The molecule has 0 bridgehead atoms. The van der Waals surface area contributed by atoms with E-state index in [2.05, 4.69) is 26.9 Å². The number of rotatable bonds is 3. The first-order valence-electron chi connectivity index (χ1n) is 3.74. The van der Waals surface area contributed by atoms with Crippen molar-refractivity contribution in [3.05, 3.63) is 19.0 Å². The molecule has 0 atom stereocenters. The van der Waals surface area contributed by atoms with E-state index < -0.39 is 0 Å². The third-order valence-corrected chi connectivity index (χ3v) is 2.45. The number of thioether (sulfide) groups is 1. The molecule has 0 spiro atoms. The van der Waals surface area contributed by atoms with Gasteiger partial charge in [0.1, 0.15) is 23.4 Å². The van der Waals surface area contributed by atoms with Crippen LogP contribution in [0.2, 0.25) is 0 Å². The van der Waals surface area contributed by atoms with Crippen LogP contribution in [0, 0.1) is 0 Å². The molecule has 0 aromatic carbocycles. The largest absolute Gasteiger partial charge is 0.230 e. The van der Waals surface area contributed by atoms with Gasteiger partial charge in [-0.25, -0.2) is 20.3 Å². The van der Waals surface area contributed by atoms with Gasteiger partial charge in [0, 0.05) is 5.75 Å². The second kappa shape index (κ2) is 3.57. The first kappa shape index (κ1) is 8.25. The van der Waals surface area contributed by atoms with Gasteiger partial charge in [-0.05, 0) is 0 Å². The monoisotopic (exact) mass is 191 g/mol. The highest BCUT2D eigenvalue weighted by molar-refractivity contribution is 7.99. The molecule has 0 aliphatic carbocycles. The highest BCUT2D eigenvalue weighted by Crippen LogP contribution is 2.34. The molecular formula is C8H7N4S. The average molecular weight is 191 g/mol. The Morgan fingerprint density at radius 1 is 1.46 bits per heavy atom. The second-order valence-corrected chi connectivity index (χ2v) is 3.33. The predicted molar refractivity (Wildman–Crippen MR) is 52.9 cm³/mol. The smallest absolute Gasteiger partial charge is 0.184 e. The van der Waals surface area contributed by atoms with Crippen molar-refractivity contribution in [2.75, 3.05) is 5.75 Å². The zero-order valence-corrected chi connectivity index (χ0v) is 7.66. The first-order chi connectivity index (χ1) is 6.42. The van der Waals surface area contributed by atoms with Crippen molar-refractivity contribution >= 4 is 29.6 Å². The van der Waals surface area contributed by atoms with Crippen molar-refractivity contribution in [2.24, 2.45) is 4.99 Å². The highest BCUT2D eigenvalue weighted by Gasteiger charge is 2.14. The molecule has 13 heavy (non-hydrogen) atoms. The number of fused-ring (bicyclic) bond motifs is 1. The fourth-order valence-corrected chi connectivity index (χ4v) is 1.62. The summed E-state index contributed by atoms with van der Waals surface area (Å²) >= 11 is 1.58. The summed E-state index contributed by atoms with van der Waals surface area (Å²) in [6, 6.07) is 0. The zero-order valence-electron chi connectivity index (χ0n) is 6.84. The average Bonchev–Trinajstić information content (AvgIpc) is 2.62. The molecule has 2 rings (SSSR count). The molecule has 0 unspecified atom stereocenters. The lowest BCUT2D eigenvalue weighted by Crippen LogP contribution is -1.90. The van der Waals surface area contributed by atoms with Crippen molar-refractivity contribution in [3.8, 4) is 0 Å². The van der Waals surface area contributed by atoms with Gasteiger partial charge in [-0.3, -0.25) is 0 Å². The first-order valence-corrected chi connectivity index (χ1v) is 4.72. The lowest BCUT2D eigenvalue weighted by molar-refractivity contribution is 1.03. The lowest BCUT2D eigenvalue weighted by Gasteiger charge is -2.00. The third kappa shape index (κ3) is 1.55. The van der Waals surface area contributed by atoms with Crippen LogP contribution in [0.3, 0.4) is 0 Å². The van der Waals surface area contributed by atoms with E-state index in [1.807, 2.05) is 6.08 Å². The SMILES string of the molecule is C=CCSc1ncnc2c1N=C[N]2. The Hall–Kier alpha value is -1.36. The summed E-state index contributed by atoms with van der Waals surface area (Å²) in [5, 5.41) is 4.85. The summed E-state index contributed by atoms with van der Waals surface area (Å²) in [5.74, 6) is 1.47. The van der Waals surface area contributed by atoms with Gasteiger partial charge in [0.25, 0.3) is 0 Å². The normalized spacial score (nSPS) is 12.3. The van der Waals surface area contributed by atoms with E-state index in [0.717, 1.165) is 16.5 Å². The Balaban J connectivity index is 2.29. The van der Waals surface area contributed by atoms with E-state index in [0.29, 0.717) is 5.82 Å². The van der Waals surface area contributed by atoms with Gasteiger partial charge >= 0.3 is 0 Å². The molecule has 65 valence electrons. The number of aliphatic imine (C=N–C) groups is 1. The Morgan fingerprint density at radius 3 is 3.23 bits per heavy atom. The summed E-state index contributed by atoms with van der Waals surface area (Å²) in [6.45, 7) is 3.64. The summed E-state index contributed by atoms with van der Waals surface area (Å²) < 4.78 is 0.